The fourth-order valence-electron chi connectivity index (χ4n) is 1.18. The highest BCUT2D eigenvalue weighted by Gasteiger charge is 2.09. The number of nitrogens with zero attached hydrogens (tertiary/aromatic N) is 3. The van der Waals surface area contributed by atoms with E-state index in [0.29, 0.717) is 5.69 Å². The smallest absolute Gasteiger partial charge is 0.312 e. The Kier molecular flexibility index (Phi) is 2.74. The maximum Gasteiger partial charge on any atom is 0.312 e. The van der Waals surface area contributed by atoms with E-state index < -0.39 is 0 Å². The zero-order valence-electron chi connectivity index (χ0n) is 8.60. The third kappa shape index (κ3) is 2.40. The van der Waals surface area contributed by atoms with Gasteiger partial charge in [0.2, 0.25) is 5.89 Å². The number of rotatable bonds is 3. The summed E-state index contributed by atoms with van der Waals surface area (Å²) < 4.78 is 4.87. The molecule has 0 saturated heterocycles. The number of carbonyl (C=O) groups is 1. The minimum absolute atomic E-state index is 0.0547. The number of amides is 1. The van der Waals surface area contributed by atoms with Gasteiger partial charge in [-0.15, -0.1) is 5.10 Å². The van der Waals surface area contributed by atoms with Crippen molar-refractivity contribution in [2.24, 2.45) is 0 Å². The number of nitrogens with two attached hydrogens (primary N) is 1. The Hall–Kier alpha value is -2.82. The van der Waals surface area contributed by atoms with Gasteiger partial charge in [0.25, 0.3) is 5.91 Å². The third-order valence-corrected chi connectivity index (χ3v) is 1.93. The van der Waals surface area contributed by atoms with Crippen LogP contribution in [0.3, 0.4) is 0 Å². The highest BCUT2D eigenvalue weighted by molar-refractivity contribution is 5.92. The molecule has 0 unspecified atom stereocenters. The van der Waals surface area contributed by atoms with E-state index in [-0.39, 0.29) is 30.1 Å². The van der Waals surface area contributed by atoms with Gasteiger partial charge in [0.05, 0.1) is 6.54 Å². The van der Waals surface area contributed by atoms with Crippen molar-refractivity contribution in [3.05, 3.63) is 29.4 Å². The third-order valence-electron chi connectivity index (χ3n) is 1.93. The van der Waals surface area contributed by atoms with E-state index >= 15 is 0 Å². The topological polar surface area (TPSA) is 134 Å². The van der Waals surface area contributed by atoms with Crippen molar-refractivity contribution in [2.45, 2.75) is 6.54 Å². The summed E-state index contributed by atoms with van der Waals surface area (Å²) in [6.45, 7) is 0.0734. The molecule has 0 spiro atoms. The number of hydrogen-bond donors (Lipinski definition) is 3. The zero-order chi connectivity index (χ0) is 12.3. The second-order valence-electron chi connectivity index (χ2n) is 3.11. The lowest BCUT2D eigenvalue weighted by Gasteiger charge is -1.99. The maximum absolute atomic E-state index is 11.6. The van der Waals surface area contributed by atoms with E-state index in [1.807, 2.05) is 6.07 Å². The summed E-state index contributed by atoms with van der Waals surface area (Å²) in [5.41, 5.74) is 5.83. The molecule has 0 aliphatic heterocycles. The van der Waals surface area contributed by atoms with Crippen LogP contribution >= 0.6 is 0 Å². The molecule has 86 valence electrons. The Labute approximate surface area is 95.4 Å². The number of anilines is 1. The maximum atomic E-state index is 11.6. The van der Waals surface area contributed by atoms with Gasteiger partial charge in [-0.1, -0.05) is 5.10 Å². The number of nitrogens with one attached hydrogen (secondary N) is 2. The fraction of sp³-hybridized carbons (Fsp3) is 0.111. The van der Waals surface area contributed by atoms with Crippen LogP contribution < -0.4 is 11.1 Å². The zero-order valence-corrected chi connectivity index (χ0v) is 8.60. The van der Waals surface area contributed by atoms with Crippen molar-refractivity contribution in [1.29, 1.82) is 5.26 Å². The first-order chi connectivity index (χ1) is 8.19. The Morgan fingerprint density at radius 1 is 1.59 bits per heavy atom. The molecule has 0 radical (unpaired) electrons. The minimum atomic E-state index is -0.372. The first-order valence-electron chi connectivity index (χ1n) is 4.64. The first kappa shape index (κ1) is 10.7. The van der Waals surface area contributed by atoms with Gasteiger partial charge in [-0.05, 0) is 12.1 Å². The summed E-state index contributed by atoms with van der Waals surface area (Å²) in [7, 11) is 0. The van der Waals surface area contributed by atoms with E-state index in [4.69, 9.17) is 15.4 Å². The van der Waals surface area contributed by atoms with Crippen molar-refractivity contribution in [3.8, 4) is 6.07 Å². The molecule has 2 rings (SSSR count). The molecule has 2 aromatic heterocycles. The molecule has 2 aromatic rings. The van der Waals surface area contributed by atoms with Crippen molar-refractivity contribution in [2.75, 3.05) is 5.73 Å². The molecule has 0 atom stereocenters. The van der Waals surface area contributed by atoms with Crippen molar-refractivity contribution < 1.29 is 9.21 Å². The van der Waals surface area contributed by atoms with Crippen molar-refractivity contribution >= 4 is 11.9 Å². The lowest BCUT2D eigenvalue weighted by molar-refractivity contribution is 0.0943. The van der Waals surface area contributed by atoms with Gasteiger partial charge in [-0.25, -0.2) is 0 Å². The Bertz CT molecular complexity index is 578. The van der Waals surface area contributed by atoms with E-state index in [9.17, 15) is 4.79 Å². The molecule has 0 bridgehead atoms. The summed E-state index contributed by atoms with van der Waals surface area (Å²) in [4.78, 5) is 14.2. The highest BCUT2D eigenvalue weighted by Crippen LogP contribution is 2.02. The quantitative estimate of drug-likeness (QED) is 0.669. The molecule has 4 N–H and O–H groups in total. The summed E-state index contributed by atoms with van der Waals surface area (Å²) >= 11 is 0. The van der Waals surface area contributed by atoms with Crippen molar-refractivity contribution in [3.63, 3.8) is 0 Å². The number of nitriles is 1. The van der Waals surface area contributed by atoms with Crippen LogP contribution in [-0.2, 0) is 6.54 Å². The summed E-state index contributed by atoms with van der Waals surface area (Å²) in [6, 6.07) is 4.86. The molecule has 17 heavy (non-hydrogen) atoms. The van der Waals surface area contributed by atoms with Gasteiger partial charge >= 0.3 is 6.01 Å². The van der Waals surface area contributed by atoms with Crippen LogP contribution in [0.4, 0.5) is 6.01 Å². The predicted molar refractivity (Wildman–Crippen MR) is 55.4 cm³/mol. The molecule has 1 amide bonds. The molecule has 0 aliphatic carbocycles. The molecule has 8 heteroatoms. The lowest BCUT2D eigenvalue weighted by atomic mass is 10.4. The number of carbonyl (C=O) groups excluding carboxylic acids is 1. The second-order valence-corrected chi connectivity index (χ2v) is 3.11. The number of hydrogen-bond acceptors (Lipinski definition) is 6. The highest BCUT2D eigenvalue weighted by atomic mass is 16.4. The molecular formula is C9H8N6O2. The number of aromatic nitrogens is 3. The van der Waals surface area contributed by atoms with Gasteiger partial charge in [-0.2, -0.15) is 5.26 Å². The summed E-state index contributed by atoms with van der Waals surface area (Å²) in [5.74, 6) is -0.161. The standard InChI is InChI=1S/C9H8N6O2/c10-3-5-1-2-6(13-5)8(16)12-4-7-14-15-9(11)17-7/h1-2,13H,4H2,(H2,11,15)(H,12,16). The Morgan fingerprint density at radius 3 is 3.00 bits per heavy atom. The van der Waals surface area contributed by atoms with Crippen LogP contribution in [0.2, 0.25) is 0 Å². The first-order valence-corrected chi connectivity index (χ1v) is 4.64. The molecular weight excluding hydrogens is 224 g/mol. The monoisotopic (exact) mass is 232 g/mol. The average molecular weight is 232 g/mol. The van der Waals surface area contributed by atoms with E-state index in [1.54, 1.807) is 0 Å². The molecule has 0 fully saturated rings. The van der Waals surface area contributed by atoms with Gasteiger partial charge in [0, 0.05) is 0 Å². The molecule has 2 heterocycles. The van der Waals surface area contributed by atoms with E-state index in [0.717, 1.165) is 0 Å². The largest absolute Gasteiger partial charge is 0.406 e. The number of aromatic amines is 1. The molecule has 8 nitrogen and oxygen atoms in total. The van der Waals surface area contributed by atoms with Crippen LogP contribution in [-0.4, -0.2) is 21.1 Å². The van der Waals surface area contributed by atoms with Crippen molar-refractivity contribution in [1.82, 2.24) is 20.5 Å². The SMILES string of the molecule is N#Cc1ccc(C(=O)NCc2nnc(N)o2)[nH]1. The van der Waals surface area contributed by atoms with Crippen LogP contribution in [0, 0.1) is 11.3 Å². The minimum Gasteiger partial charge on any atom is -0.406 e. The molecule has 0 aromatic carbocycles. The van der Waals surface area contributed by atoms with Gasteiger partial charge < -0.3 is 20.5 Å². The molecule has 0 aliphatic rings. The van der Waals surface area contributed by atoms with E-state index in [2.05, 4.69) is 20.5 Å². The van der Waals surface area contributed by atoms with Crippen LogP contribution in [0.25, 0.3) is 0 Å². The van der Waals surface area contributed by atoms with Gasteiger partial charge in [0.15, 0.2) is 0 Å². The van der Waals surface area contributed by atoms with Gasteiger partial charge in [-0.3, -0.25) is 4.79 Å². The Morgan fingerprint density at radius 2 is 2.41 bits per heavy atom. The number of nitrogen functional groups attached to an aromatic ring is 1. The second kappa shape index (κ2) is 4.36. The summed E-state index contributed by atoms with van der Waals surface area (Å²) in [5, 5.41) is 18.1. The average Bonchev–Trinajstić information content (AvgIpc) is 2.94. The van der Waals surface area contributed by atoms with Crippen LogP contribution in [0.1, 0.15) is 22.1 Å². The van der Waals surface area contributed by atoms with Crippen LogP contribution in [0.15, 0.2) is 16.5 Å². The number of H-pyrrole nitrogens is 1. The Balaban J connectivity index is 1.96. The molecule has 0 saturated carbocycles. The summed E-state index contributed by atoms with van der Waals surface area (Å²) in [6.07, 6.45) is 0. The predicted octanol–water partition coefficient (Wildman–Crippen LogP) is -0.218. The fourth-order valence-corrected chi connectivity index (χ4v) is 1.18. The normalized spacial score (nSPS) is 9.82. The van der Waals surface area contributed by atoms with Gasteiger partial charge in [0.1, 0.15) is 17.5 Å². The van der Waals surface area contributed by atoms with E-state index in [1.165, 1.54) is 12.1 Å². The lowest BCUT2D eigenvalue weighted by Crippen LogP contribution is -2.23. The van der Waals surface area contributed by atoms with Crippen LogP contribution in [0.5, 0.6) is 0 Å².